The van der Waals surface area contributed by atoms with E-state index >= 15 is 0 Å². The minimum Gasteiger partial charge on any atom is -0.467 e. The van der Waals surface area contributed by atoms with Crippen LogP contribution in [0.3, 0.4) is 0 Å². The van der Waals surface area contributed by atoms with Crippen LogP contribution in [0.5, 0.6) is 5.75 Å². The molecule has 2 aromatic carbocycles. The number of hydrogen-bond donors (Lipinski definition) is 0. The molecule has 158 valence electrons. The number of ether oxygens (including phenoxy) is 2. The molecule has 2 rings (SSSR count). The van der Waals surface area contributed by atoms with E-state index in [9.17, 15) is 4.79 Å². The van der Waals surface area contributed by atoms with Crippen LogP contribution in [0, 0.1) is 13.8 Å². The van der Waals surface area contributed by atoms with E-state index in [4.69, 9.17) is 9.47 Å². The highest BCUT2D eigenvalue weighted by Gasteiger charge is 2.33. The molecule has 29 heavy (non-hydrogen) atoms. The molecular weight excluding hydrogens is 379 g/mol. The molecule has 0 aliphatic carbocycles. The normalized spacial score (nSPS) is 14.2. The van der Waals surface area contributed by atoms with E-state index in [0.717, 1.165) is 34.9 Å². The van der Waals surface area contributed by atoms with E-state index in [0.29, 0.717) is 8.58 Å². The molecule has 2 unspecified atom stereocenters. The Balaban J connectivity index is 2.67. The Morgan fingerprint density at radius 2 is 1.66 bits per heavy atom. The summed E-state index contributed by atoms with van der Waals surface area (Å²) in [5.41, 5.74) is 5.43. The number of rotatable bonds is 8. The van der Waals surface area contributed by atoms with Gasteiger partial charge < -0.3 is 9.47 Å². The Labute approximate surface area is 178 Å². The zero-order valence-electron chi connectivity index (χ0n) is 19.1. The minimum atomic E-state index is -0.151. The summed E-state index contributed by atoms with van der Waals surface area (Å²) in [6, 6.07) is 10.6. The van der Waals surface area contributed by atoms with Crippen molar-refractivity contribution in [2.45, 2.75) is 65.5 Å². The van der Waals surface area contributed by atoms with Gasteiger partial charge in [0.05, 0.1) is 0 Å². The molecule has 0 heterocycles. The van der Waals surface area contributed by atoms with Crippen molar-refractivity contribution in [3.8, 4) is 5.75 Å². The summed E-state index contributed by atoms with van der Waals surface area (Å²) in [5.74, 6) is 0.918. The molecule has 0 aliphatic heterocycles. The van der Waals surface area contributed by atoms with Gasteiger partial charge in [-0.25, -0.2) is 0 Å². The van der Waals surface area contributed by atoms with Gasteiger partial charge in [-0.05, 0) is 37.1 Å². The maximum Gasteiger partial charge on any atom is 0.188 e. The fourth-order valence-corrected chi connectivity index (χ4v) is 5.08. The fourth-order valence-electron chi connectivity index (χ4n) is 3.55. The van der Waals surface area contributed by atoms with Gasteiger partial charge in [0.25, 0.3) is 0 Å². The average Bonchev–Trinajstić information content (AvgIpc) is 2.66. The van der Waals surface area contributed by atoms with E-state index in [-0.39, 0.29) is 17.4 Å². The van der Waals surface area contributed by atoms with Gasteiger partial charge in [0.2, 0.25) is 0 Å². The molecule has 0 spiro atoms. The van der Waals surface area contributed by atoms with Gasteiger partial charge in [-0.15, -0.1) is 0 Å². The molecule has 0 fully saturated rings. The second-order valence-corrected chi connectivity index (χ2v) is 10.9. The first-order valence-corrected chi connectivity index (χ1v) is 11.2. The van der Waals surface area contributed by atoms with Crippen molar-refractivity contribution in [1.82, 2.24) is 0 Å². The van der Waals surface area contributed by atoms with Crippen molar-refractivity contribution >= 4 is 20.2 Å². The zero-order chi connectivity index (χ0) is 21.8. The topological polar surface area (TPSA) is 35.5 Å². The lowest BCUT2D eigenvalue weighted by atomic mass is 9.81. The maximum atomic E-state index is 11.7. The van der Waals surface area contributed by atoms with Gasteiger partial charge >= 0.3 is 0 Å². The number of carbonyl (C=O) groups excluding carboxylic acids is 1. The number of aldehydes is 1. The number of methoxy groups -OCH3 is 1. The minimum absolute atomic E-state index is 0.0561. The average molecular weight is 415 g/mol. The first-order valence-electron chi connectivity index (χ1n) is 10.2. The summed E-state index contributed by atoms with van der Waals surface area (Å²) >= 11 is 0. The molecule has 3 nitrogen and oxygen atoms in total. The maximum absolute atomic E-state index is 11.7. The Hall–Kier alpha value is -1.70. The van der Waals surface area contributed by atoms with E-state index in [2.05, 4.69) is 65.8 Å². The van der Waals surface area contributed by atoms with Crippen LogP contribution in [-0.4, -0.2) is 20.2 Å². The molecule has 0 aliphatic rings. The van der Waals surface area contributed by atoms with Crippen molar-refractivity contribution in [3.63, 3.8) is 0 Å². The van der Waals surface area contributed by atoms with E-state index in [1.54, 1.807) is 7.11 Å². The highest BCUT2D eigenvalue weighted by Crippen LogP contribution is 2.50. The van der Waals surface area contributed by atoms with E-state index in [1.165, 1.54) is 16.7 Å². The molecule has 2 atom stereocenters. The Kier molecular flexibility index (Phi) is 7.65. The quantitative estimate of drug-likeness (QED) is 0.301. The second-order valence-electron chi connectivity index (χ2n) is 9.01. The Bertz CT molecular complexity index is 867. The van der Waals surface area contributed by atoms with Crippen LogP contribution in [0.4, 0.5) is 0 Å². The molecule has 0 saturated heterocycles. The van der Waals surface area contributed by atoms with Crippen molar-refractivity contribution < 1.29 is 14.3 Å². The molecule has 0 radical (unpaired) electrons. The SMILES string of the molecule is CCC(C)(Pc1ccc(C)cc1C=O)c1cc(C)cc(C(C)(C)C)c1OCOC. The third kappa shape index (κ3) is 5.47. The molecule has 0 N–H and O–H groups in total. The number of hydrogen-bond acceptors (Lipinski definition) is 3. The number of aryl methyl sites for hydroxylation is 2. The number of carbonyl (C=O) groups is 1. The smallest absolute Gasteiger partial charge is 0.188 e. The van der Waals surface area contributed by atoms with Gasteiger partial charge in [0, 0.05) is 29.0 Å². The third-order valence-corrected chi connectivity index (χ3v) is 7.31. The molecule has 0 aromatic heterocycles. The third-order valence-electron chi connectivity index (χ3n) is 5.41. The van der Waals surface area contributed by atoms with Crippen LogP contribution in [0.15, 0.2) is 30.3 Å². The van der Waals surface area contributed by atoms with Crippen LogP contribution in [0.2, 0.25) is 0 Å². The molecule has 4 heteroatoms. The summed E-state index contributed by atoms with van der Waals surface area (Å²) in [4.78, 5) is 11.7. The molecule has 0 saturated carbocycles. The summed E-state index contributed by atoms with van der Waals surface area (Å²) in [6.45, 7) is 15.5. The van der Waals surface area contributed by atoms with Gasteiger partial charge in [-0.3, -0.25) is 4.79 Å². The predicted molar refractivity (Wildman–Crippen MR) is 125 cm³/mol. The van der Waals surface area contributed by atoms with Gasteiger partial charge in [0.1, 0.15) is 5.75 Å². The predicted octanol–water partition coefficient (Wildman–Crippen LogP) is 6.03. The Morgan fingerprint density at radius 3 is 2.21 bits per heavy atom. The second kappa shape index (κ2) is 9.41. The zero-order valence-corrected chi connectivity index (χ0v) is 20.1. The largest absolute Gasteiger partial charge is 0.467 e. The lowest BCUT2D eigenvalue weighted by Crippen LogP contribution is -2.24. The van der Waals surface area contributed by atoms with Crippen molar-refractivity contribution in [1.29, 1.82) is 0 Å². The summed E-state index contributed by atoms with van der Waals surface area (Å²) in [7, 11) is 2.10. The van der Waals surface area contributed by atoms with Crippen LogP contribution >= 0.6 is 8.58 Å². The van der Waals surface area contributed by atoms with Crippen LogP contribution in [0.1, 0.15) is 73.7 Å². The monoisotopic (exact) mass is 414 g/mol. The van der Waals surface area contributed by atoms with Gasteiger partial charge in [-0.1, -0.05) is 78.6 Å². The van der Waals surface area contributed by atoms with E-state index < -0.39 is 0 Å². The standard InChI is InChI=1S/C25H35O3P/c1-9-25(7,29-22-11-10-17(2)12-19(22)15-26)21-14-18(3)13-20(24(4,5)6)23(21)28-16-27-8/h10-15,29H,9,16H2,1-8H3. The molecule has 2 aromatic rings. The van der Waals surface area contributed by atoms with Gasteiger partial charge in [0.15, 0.2) is 13.1 Å². The van der Waals surface area contributed by atoms with Crippen LogP contribution in [-0.2, 0) is 15.3 Å². The van der Waals surface area contributed by atoms with Crippen molar-refractivity contribution in [3.05, 3.63) is 58.1 Å². The van der Waals surface area contributed by atoms with Crippen LogP contribution < -0.4 is 10.0 Å². The van der Waals surface area contributed by atoms with Gasteiger partial charge in [-0.2, -0.15) is 0 Å². The highest BCUT2D eigenvalue weighted by molar-refractivity contribution is 7.48. The lowest BCUT2D eigenvalue weighted by Gasteiger charge is -2.35. The fraction of sp³-hybridized carbons (Fsp3) is 0.480. The first kappa shape index (κ1) is 23.6. The molecule has 0 bridgehead atoms. The van der Waals surface area contributed by atoms with Crippen molar-refractivity contribution in [2.75, 3.05) is 13.9 Å². The molecular formula is C25H35O3P. The Morgan fingerprint density at radius 1 is 1.00 bits per heavy atom. The molecule has 0 amide bonds. The lowest BCUT2D eigenvalue weighted by molar-refractivity contribution is 0.0487. The number of benzene rings is 2. The van der Waals surface area contributed by atoms with Crippen molar-refractivity contribution in [2.24, 2.45) is 0 Å². The van der Waals surface area contributed by atoms with Crippen LogP contribution in [0.25, 0.3) is 0 Å². The highest BCUT2D eigenvalue weighted by atomic mass is 31.1. The summed E-state index contributed by atoms with van der Waals surface area (Å²) in [5, 5.41) is 0.953. The first-order chi connectivity index (χ1) is 13.6. The van der Waals surface area contributed by atoms with E-state index in [1.807, 2.05) is 13.0 Å². The summed E-state index contributed by atoms with van der Waals surface area (Å²) in [6.07, 6.45) is 1.92. The summed E-state index contributed by atoms with van der Waals surface area (Å²) < 4.78 is 11.4.